The summed E-state index contributed by atoms with van der Waals surface area (Å²) in [5, 5.41) is 15.8. The highest BCUT2D eigenvalue weighted by Gasteiger charge is 2.17. The van der Waals surface area contributed by atoms with Crippen LogP contribution in [0.5, 0.6) is 0 Å². The normalized spacial score (nSPS) is 16.0. The lowest BCUT2D eigenvalue weighted by Crippen LogP contribution is -2.19. The molecule has 3 heterocycles. The molecule has 0 spiro atoms. The molecule has 5 rings (SSSR count). The lowest BCUT2D eigenvalue weighted by molar-refractivity contribution is 0.616. The molecular formula is C24H25ClN6O. The van der Waals surface area contributed by atoms with E-state index in [1.807, 2.05) is 42.6 Å². The molecule has 164 valence electrons. The minimum atomic E-state index is -0.0623. The fraction of sp³-hybridized carbons (Fsp3) is 0.250. The maximum atomic E-state index is 12.5. The average molecular weight is 449 g/mol. The zero-order chi connectivity index (χ0) is 22.1. The number of nitrogens with one attached hydrogen (secondary N) is 3. The van der Waals surface area contributed by atoms with Gasteiger partial charge in [0.05, 0.1) is 17.4 Å². The third kappa shape index (κ3) is 4.22. The van der Waals surface area contributed by atoms with Crippen LogP contribution >= 0.6 is 11.6 Å². The first-order valence-electron chi connectivity index (χ1n) is 10.7. The van der Waals surface area contributed by atoms with Crippen LogP contribution in [0.2, 0.25) is 5.02 Å². The summed E-state index contributed by atoms with van der Waals surface area (Å²) in [5.41, 5.74) is 10.8. The zero-order valence-corrected chi connectivity index (χ0v) is 18.3. The fourth-order valence-corrected chi connectivity index (χ4v) is 4.50. The molecule has 0 bridgehead atoms. The average Bonchev–Trinajstić information content (AvgIpc) is 3.44. The van der Waals surface area contributed by atoms with Gasteiger partial charge in [-0.1, -0.05) is 23.7 Å². The van der Waals surface area contributed by atoms with Crippen LogP contribution in [0.3, 0.4) is 0 Å². The molecular weight excluding hydrogens is 424 g/mol. The van der Waals surface area contributed by atoms with Crippen molar-refractivity contribution in [1.82, 2.24) is 20.1 Å². The monoisotopic (exact) mass is 448 g/mol. The van der Waals surface area contributed by atoms with E-state index in [4.69, 9.17) is 17.3 Å². The highest BCUT2D eigenvalue weighted by atomic mass is 35.5. The summed E-state index contributed by atoms with van der Waals surface area (Å²) in [6.45, 7) is 3.39. The molecule has 1 fully saturated rings. The summed E-state index contributed by atoms with van der Waals surface area (Å²) in [4.78, 5) is 12.5. The number of aromatic amines is 1. The van der Waals surface area contributed by atoms with Gasteiger partial charge in [0.25, 0.3) is 5.56 Å². The van der Waals surface area contributed by atoms with Crippen LogP contribution in [0.25, 0.3) is 22.0 Å². The summed E-state index contributed by atoms with van der Waals surface area (Å²) in [6, 6.07) is 15.1. The van der Waals surface area contributed by atoms with Crippen molar-refractivity contribution < 1.29 is 0 Å². The molecule has 0 amide bonds. The molecule has 2 aromatic carbocycles. The Labute approximate surface area is 190 Å². The van der Waals surface area contributed by atoms with Crippen molar-refractivity contribution in [3.63, 3.8) is 0 Å². The van der Waals surface area contributed by atoms with E-state index >= 15 is 0 Å². The van der Waals surface area contributed by atoms with Gasteiger partial charge in [-0.25, -0.2) is 0 Å². The van der Waals surface area contributed by atoms with Gasteiger partial charge in [0.15, 0.2) is 5.82 Å². The Morgan fingerprint density at radius 1 is 1.19 bits per heavy atom. The lowest BCUT2D eigenvalue weighted by Gasteiger charge is -2.15. The van der Waals surface area contributed by atoms with Crippen LogP contribution in [0.15, 0.2) is 59.5 Å². The molecule has 0 saturated carbocycles. The second kappa shape index (κ2) is 8.68. The van der Waals surface area contributed by atoms with Crippen LogP contribution in [-0.2, 0) is 6.54 Å². The van der Waals surface area contributed by atoms with Gasteiger partial charge >= 0.3 is 0 Å². The number of halogens is 1. The number of hydrogen-bond acceptors (Lipinski definition) is 5. The summed E-state index contributed by atoms with van der Waals surface area (Å²) >= 11 is 6.11. The summed E-state index contributed by atoms with van der Waals surface area (Å²) in [5.74, 6) is 1.06. The molecule has 32 heavy (non-hydrogen) atoms. The van der Waals surface area contributed by atoms with Gasteiger partial charge in [0.2, 0.25) is 0 Å². The van der Waals surface area contributed by atoms with Crippen LogP contribution in [-0.4, -0.2) is 34.4 Å². The smallest absolute Gasteiger partial charge is 0.250 e. The van der Waals surface area contributed by atoms with Gasteiger partial charge in [0.1, 0.15) is 0 Å². The van der Waals surface area contributed by atoms with E-state index < -0.39 is 0 Å². The van der Waals surface area contributed by atoms with Gasteiger partial charge in [-0.15, -0.1) is 0 Å². The highest BCUT2D eigenvalue weighted by Crippen LogP contribution is 2.33. The quantitative estimate of drug-likeness (QED) is 0.360. The number of nitrogens with zero attached hydrogens (tertiary/aromatic N) is 2. The Morgan fingerprint density at radius 2 is 2.09 bits per heavy atom. The third-order valence-corrected chi connectivity index (χ3v) is 6.23. The Bertz CT molecular complexity index is 1320. The summed E-state index contributed by atoms with van der Waals surface area (Å²) < 4.78 is 1.70. The van der Waals surface area contributed by atoms with Crippen LogP contribution in [0.1, 0.15) is 12.0 Å². The Balaban J connectivity index is 1.50. The predicted octanol–water partition coefficient (Wildman–Crippen LogP) is 3.70. The molecule has 0 aliphatic carbocycles. The number of benzene rings is 2. The van der Waals surface area contributed by atoms with E-state index in [1.165, 1.54) is 0 Å². The molecule has 7 nitrogen and oxygen atoms in total. The van der Waals surface area contributed by atoms with E-state index in [9.17, 15) is 4.79 Å². The Morgan fingerprint density at radius 3 is 2.91 bits per heavy atom. The van der Waals surface area contributed by atoms with Crippen molar-refractivity contribution in [3.05, 3.63) is 75.7 Å². The third-order valence-electron chi connectivity index (χ3n) is 5.99. The van der Waals surface area contributed by atoms with Gasteiger partial charge in [0, 0.05) is 29.5 Å². The number of anilines is 2. The predicted molar refractivity (Wildman–Crippen MR) is 130 cm³/mol. The highest BCUT2D eigenvalue weighted by molar-refractivity contribution is 6.30. The SMILES string of the molecule is Nc1n[nH]c2cc(-c3ccc(=O)n(Cc4cccc(Cl)c4)c3)cc(NCC3CCNC3)c12. The molecule has 1 aliphatic rings. The second-order valence-electron chi connectivity index (χ2n) is 8.31. The number of aromatic nitrogens is 3. The minimum Gasteiger partial charge on any atom is -0.384 e. The van der Waals surface area contributed by atoms with E-state index in [-0.39, 0.29) is 5.56 Å². The van der Waals surface area contributed by atoms with Crippen LogP contribution in [0.4, 0.5) is 11.5 Å². The number of hydrogen-bond donors (Lipinski definition) is 4. The molecule has 8 heteroatoms. The standard InChI is InChI=1S/C24H25ClN6O/c25-19-3-1-2-15(8-19)13-31-14-17(4-5-22(31)32)18-9-20(28-12-16-6-7-27-11-16)23-21(10-18)29-30-24(23)26/h1-5,8-10,14,16,27-28H,6-7,11-13H2,(H3,26,29,30). The van der Waals surface area contributed by atoms with Crippen molar-refractivity contribution in [2.45, 2.75) is 13.0 Å². The first kappa shape index (κ1) is 20.6. The first-order valence-corrected chi connectivity index (χ1v) is 11.1. The molecule has 4 aromatic rings. The maximum absolute atomic E-state index is 12.5. The molecule has 1 saturated heterocycles. The van der Waals surface area contributed by atoms with E-state index in [1.54, 1.807) is 10.6 Å². The minimum absolute atomic E-state index is 0.0623. The van der Waals surface area contributed by atoms with Gasteiger partial charge in [-0.05, 0) is 72.5 Å². The van der Waals surface area contributed by atoms with Crippen LogP contribution < -0.4 is 21.9 Å². The van der Waals surface area contributed by atoms with Crippen molar-refractivity contribution in [2.24, 2.45) is 5.92 Å². The van der Waals surface area contributed by atoms with Gasteiger partial charge in [-0.2, -0.15) is 5.10 Å². The number of fused-ring (bicyclic) bond motifs is 1. The Kier molecular flexibility index (Phi) is 5.59. The zero-order valence-electron chi connectivity index (χ0n) is 17.6. The van der Waals surface area contributed by atoms with E-state index in [0.717, 1.165) is 59.3 Å². The lowest BCUT2D eigenvalue weighted by atomic mass is 10.0. The summed E-state index contributed by atoms with van der Waals surface area (Å²) in [6.07, 6.45) is 3.04. The van der Waals surface area contributed by atoms with E-state index in [0.29, 0.717) is 23.3 Å². The number of H-pyrrole nitrogens is 1. The molecule has 1 unspecified atom stereocenters. The number of rotatable bonds is 6. The molecule has 0 radical (unpaired) electrons. The fourth-order valence-electron chi connectivity index (χ4n) is 4.29. The number of nitrogens with two attached hydrogens (primary N) is 1. The Hall–Kier alpha value is -3.29. The van der Waals surface area contributed by atoms with Gasteiger partial charge < -0.3 is 20.9 Å². The topological polar surface area (TPSA) is 101 Å². The number of pyridine rings is 1. The van der Waals surface area contributed by atoms with Crippen molar-refractivity contribution in [1.29, 1.82) is 0 Å². The van der Waals surface area contributed by atoms with Crippen LogP contribution in [0, 0.1) is 5.92 Å². The largest absolute Gasteiger partial charge is 0.384 e. The summed E-state index contributed by atoms with van der Waals surface area (Å²) in [7, 11) is 0. The molecule has 1 atom stereocenters. The van der Waals surface area contributed by atoms with E-state index in [2.05, 4.69) is 26.9 Å². The van der Waals surface area contributed by atoms with Crippen molar-refractivity contribution in [3.8, 4) is 11.1 Å². The maximum Gasteiger partial charge on any atom is 0.250 e. The van der Waals surface area contributed by atoms with Crippen molar-refractivity contribution >= 4 is 34.0 Å². The van der Waals surface area contributed by atoms with Crippen molar-refractivity contribution in [2.75, 3.05) is 30.7 Å². The molecule has 5 N–H and O–H groups in total. The number of nitrogen functional groups attached to an aromatic ring is 1. The second-order valence-corrected chi connectivity index (χ2v) is 8.75. The first-order chi connectivity index (χ1) is 15.6. The van der Waals surface area contributed by atoms with Gasteiger partial charge in [-0.3, -0.25) is 9.89 Å². The molecule has 1 aliphatic heterocycles. The molecule has 2 aromatic heterocycles.